The number of piperidine rings is 1. The molecule has 2 fully saturated rings. The molecule has 2 aliphatic heterocycles. The second-order valence-corrected chi connectivity index (χ2v) is 6.29. The molecule has 0 aromatic rings. The second kappa shape index (κ2) is 8.66. The molecule has 9 atom stereocenters. The summed E-state index contributed by atoms with van der Waals surface area (Å²) in [6.07, 6.45) is -9.08. The number of carbonyl (C=O) groups is 1. The van der Waals surface area contributed by atoms with Crippen LogP contribution >= 0.6 is 0 Å². The molecule has 8 N–H and O–H groups in total. The van der Waals surface area contributed by atoms with Gasteiger partial charge in [-0.05, 0) is 0 Å². The average molecular weight is 366 g/mol. The van der Waals surface area contributed by atoms with Gasteiger partial charge in [0.25, 0.3) is 0 Å². The van der Waals surface area contributed by atoms with Gasteiger partial charge < -0.3 is 50.7 Å². The molecular formula is C14H26N2O9. The summed E-state index contributed by atoms with van der Waals surface area (Å²) < 4.78 is 11.0. The first kappa shape index (κ1) is 20.4. The molecule has 0 aromatic carbocycles. The zero-order valence-corrected chi connectivity index (χ0v) is 13.7. The number of ether oxygens (including phenoxy) is 2. The minimum Gasteiger partial charge on any atom is -0.395 e. The van der Waals surface area contributed by atoms with Gasteiger partial charge in [0, 0.05) is 13.5 Å². The first-order valence-electron chi connectivity index (χ1n) is 8.05. The monoisotopic (exact) mass is 366 g/mol. The van der Waals surface area contributed by atoms with E-state index in [0.717, 1.165) is 0 Å². The summed E-state index contributed by atoms with van der Waals surface area (Å²) in [5, 5.41) is 64.0. The predicted molar refractivity (Wildman–Crippen MR) is 81.1 cm³/mol. The van der Waals surface area contributed by atoms with Gasteiger partial charge in [0.15, 0.2) is 6.29 Å². The molecule has 0 bridgehead atoms. The largest absolute Gasteiger partial charge is 0.395 e. The normalized spacial score (nSPS) is 45.2. The minimum absolute atomic E-state index is 0.0491. The zero-order chi connectivity index (χ0) is 18.7. The minimum atomic E-state index is -1.49. The first-order chi connectivity index (χ1) is 11.8. The van der Waals surface area contributed by atoms with Crippen molar-refractivity contribution in [2.45, 2.75) is 61.9 Å². The molecule has 11 heteroatoms. The lowest BCUT2D eigenvalue weighted by Gasteiger charge is -2.46. The summed E-state index contributed by atoms with van der Waals surface area (Å²) in [6, 6.07) is -1.91. The fourth-order valence-electron chi connectivity index (χ4n) is 3.05. The first-order valence-corrected chi connectivity index (χ1v) is 8.05. The third kappa shape index (κ3) is 4.45. The van der Waals surface area contributed by atoms with Crippen molar-refractivity contribution in [3.8, 4) is 0 Å². The Labute approximate surface area is 144 Å². The molecule has 2 aliphatic rings. The fourth-order valence-corrected chi connectivity index (χ4v) is 3.05. The molecule has 2 rings (SSSR count). The van der Waals surface area contributed by atoms with Crippen molar-refractivity contribution in [2.75, 3.05) is 19.8 Å². The number of amides is 1. The molecule has 0 spiro atoms. The van der Waals surface area contributed by atoms with E-state index >= 15 is 0 Å². The average Bonchev–Trinajstić information content (AvgIpc) is 2.58. The lowest BCUT2D eigenvalue weighted by atomic mass is 9.94. The fraction of sp³-hybridized carbons (Fsp3) is 0.929. The highest BCUT2D eigenvalue weighted by molar-refractivity contribution is 5.73. The third-order valence-corrected chi connectivity index (χ3v) is 4.46. The van der Waals surface area contributed by atoms with Crippen molar-refractivity contribution < 1.29 is 44.9 Å². The topological polar surface area (TPSA) is 181 Å². The quantitative estimate of drug-likeness (QED) is 0.235. The van der Waals surface area contributed by atoms with E-state index in [1.165, 1.54) is 6.92 Å². The number of rotatable bonds is 5. The molecule has 11 nitrogen and oxygen atoms in total. The van der Waals surface area contributed by atoms with Crippen LogP contribution in [0.15, 0.2) is 0 Å². The summed E-state index contributed by atoms with van der Waals surface area (Å²) >= 11 is 0. The Bertz CT molecular complexity index is 452. The van der Waals surface area contributed by atoms with Crippen LogP contribution in [-0.4, -0.2) is 111 Å². The lowest BCUT2D eigenvalue weighted by Crippen LogP contribution is -2.68. The maximum Gasteiger partial charge on any atom is 0.217 e. The van der Waals surface area contributed by atoms with E-state index in [0.29, 0.717) is 0 Å². The lowest BCUT2D eigenvalue weighted by molar-refractivity contribution is -0.298. The SMILES string of the molecule is CC(=O)N[C@H]1[C@@H](O[C@H]2[C@H](O)[C@@H](O)CN[C@H]2CO)O[C@H](CO)[C@@H](O)[C@@H]1O. The Morgan fingerprint density at radius 2 is 1.84 bits per heavy atom. The molecular weight excluding hydrogens is 340 g/mol. The van der Waals surface area contributed by atoms with Gasteiger partial charge in [-0.3, -0.25) is 4.79 Å². The highest BCUT2D eigenvalue weighted by Crippen LogP contribution is 2.26. The van der Waals surface area contributed by atoms with Crippen molar-refractivity contribution in [2.24, 2.45) is 0 Å². The molecule has 0 radical (unpaired) electrons. The third-order valence-electron chi connectivity index (χ3n) is 4.46. The summed E-state index contributed by atoms with van der Waals surface area (Å²) in [4.78, 5) is 11.4. The van der Waals surface area contributed by atoms with E-state index in [-0.39, 0.29) is 6.54 Å². The summed E-state index contributed by atoms with van der Waals surface area (Å²) in [6.45, 7) is 0.238. The van der Waals surface area contributed by atoms with Crippen LogP contribution in [0.25, 0.3) is 0 Å². The van der Waals surface area contributed by atoms with Crippen molar-refractivity contribution in [3.63, 3.8) is 0 Å². The van der Waals surface area contributed by atoms with Gasteiger partial charge in [-0.25, -0.2) is 0 Å². The number of carbonyl (C=O) groups excluding carboxylic acids is 1. The van der Waals surface area contributed by atoms with Crippen LogP contribution in [0.2, 0.25) is 0 Å². The number of aliphatic hydroxyl groups is 6. The maximum absolute atomic E-state index is 11.4. The summed E-state index contributed by atoms with van der Waals surface area (Å²) in [7, 11) is 0. The van der Waals surface area contributed by atoms with E-state index < -0.39 is 74.1 Å². The Kier molecular flexibility index (Phi) is 7.08. The van der Waals surface area contributed by atoms with E-state index in [9.17, 15) is 35.4 Å². The van der Waals surface area contributed by atoms with E-state index in [2.05, 4.69) is 10.6 Å². The number of nitrogens with one attached hydrogen (secondary N) is 2. The summed E-state index contributed by atoms with van der Waals surface area (Å²) in [5.74, 6) is -0.517. The van der Waals surface area contributed by atoms with Crippen LogP contribution < -0.4 is 10.6 Å². The molecule has 0 aliphatic carbocycles. The molecule has 25 heavy (non-hydrogen) atoms. The highest BCUT2D eigenvalue weighted by Gasteiger charge is 2.48. The molecule has 2 heterocycles. The van der Waals surface area contributed by atoms with Gasteiger partial charge in [0.2, 0.25) is 5.91 Å². The van der Waals surface area contributed by atoms with E-state index in [1.807, 2.05) is 0 Å². The standard InChI is InChI=1S/C14H26N2O9/c1-5(19)16-9-12(23)11(22)8(4-18)24-14(9)25-13-6(3-17)15-2-7(20)10(13)21/h6-15,17-18,20-23H,2-4H2,1H3,(H,16,19)/t6-,7-,8+,9+,10+,11+,12+,13+,14+/m0/s1. The molecule has 1 amide bonds. The van der Waals surface area contributed by atoms with Crippen molar-refractivity contribution >= 4 is 5.91 Å². The Balaban J connectivity index is 2.20. The van der Waals surface area contributed by atoms with Gasteiger partial charge in [0.1, 0.15) is 36.6 Å². The van der Waals surface area contributed by atoms with E-state index in [1.54, 1.807) is 0 Å². The summed E-state index contributed by atoms with van der Waals surface area (Å²) in [5.41, 5.74) is 0. The number of β-amino-alcohol motifs (C(OH)–C–C–N with tert-alkyl or cyclic N) is 1. The van der Waals surface area contributed by atoms with Crippen LogP contribution in [0.3, 0.4) is 0 Å². The van der Waals surface area contributed by atoms with Crippen LogP contribution in [0.1, 0.15) is 6.92 Å². The Morgan fingerprint density at radius 3 is 2.40 bits per heavy atom. The molecule has 2 saturated heterocycles. The molecule has 0 aromatic heterocycles. The van der Waals surface area contributed by atoms with Gasteiger partial charge in [-0.15, -0.1) is 0 Å². The highest BCUT2D eigenvalue weighted by atomic mass is 16.7. The molecule has 0 saturated carbocycles. The Morgan fingerprint density at radius 1 is 1.16 bits per heavy atom. The van der Waals surface area contributed by atoms with E-state index in [4.69, 9.17) is 9.47 Å². The van der Waals surface area contributed by atoms with Gasteiger partial charge in [-0.2, -0.15) is 0 Å². The van der Waals surface area contributed by atoms with Gasteiger partial charge >= 0.3 is 0 Å². The van der Waals surface area contributed by atoms with Crippen molar-refractivity contribution in [1.82, 2.24) is 10.6 Å². The second-order valence-electron chi connectivity index (χ2n) is 6.29. The zero-order valence-electron chi connectivity index (χ0n) is 13.7. The van der Waals surface area contributed by atoms with Crippen LogP contribution in [-0.2, 0) is 14.3 Å². The van der Waals surface area contributed by atoms with Crippen molar-refractivity contribution in [3.05, 3.63) is 0 Å². The predicted octanol–water partition coefficient (Wildman–Crippen LogP) is -5.00. The number of hydrogen-bond donors (Lipinski definition) is 8. The maximum atomic E-state index is 11.4. The van der Waals surface area contributed by atoms with Gasteiger partial charge in [-0.1, -0.05) is 0 Å². The van der Waals surface area contributed by atoms with Crippen LogP contribution in [0.5, 0.6) is 0 Å². The molecule has 0 unspecified atom stereocenters. The van der Waals surface area contributed by atoms with Gasteiger partial charge in [0.05, 0.1) is 25.4 Å². The van der Waals surface area contributed by atoms with Crippen LogP contribution in [0.4, 0.5) is 0 Å². The van der Waals surface area contributed by atoms with Crippen LogP contribution in [0, 0.1) is 0 Å². The molecule has 146 valence electrons. The van der Waals surface area contributed by atoms with Crippen molar-refractivity contribution in [1.29, 1.82) is 0 Å². The number of hydrogen-bond acceptors (Lipinski definition) is 10. The number of aliphatic hydroxyl groups excluding tert-OH is 6. The smallest absolute Gasteiger partial charge is 0.217 e. The Hall–Kier alpha value is -0.890.